The zero-order valence-electron chi connectivity index (χ0n) is 14.2. The van der Waals surface area contributed by atoms with Crippen molar-refractivity contribution in [2.75, 3.05) is 5.32 Å². The van der Waals surface area contributed by atoms with Gasteiger partial charge in [-0.25, -0.2) is 13.5 Å². The third-order valence-electron chi connectivity index (χ3n) is 5.57. The van der Waals surface area contributed by atoms with Gasteiger partial charge in [0.05, 0.1) is 23.8 Å². The number of anilines is 1. The van der Waals surface area contributed by atoms with Crippen LogP contribution in [0.2, 0.25) is 0 Å². The number of rotatable bonds is 4. The van der Waals surface area contributed by atoms with E-state index in [9.17, 15) is 13.6 Å². The molecule has 136 valence electrons. The summed E-state index contributed by atoms with van der Waals surface area (Å²) >= 11 is 0. The van der Waals surface area contributed by atoms with Crippen LogP contribution in [0.4, 0.5) is 14.6 Å². The van der Waals surface area contributed by atoms with E-state index in [1.807, 2.05) is 0 Å². The third-order valence-corrected chi connectivity index (χ3v) is 5.57. The highest BCUT2D eigenvalue weighted by Crippen LogP contribution is 2.78. The van der Waals surface area contributed by atoms with Gasteiger partial charge in [-0.2, -0.15) is 5.10 Å². The Bertz CT molecular complexity index is 1060. The lowest BCUT2D eigenvalue weighted by molar-refractivity contribution is -0.119. The molecule has 0 saturated heterocycles. The Morgan fingerprint density at radius 2 is 2.07 bits per heavy atom. The molecule has 8 heteroatoms. The molecular formula is C19H15F2N5O. The van der Waals surface area contributed by atoms with Crippen LogP contribution < -0.4 is 5.32 Å². The average Bonchev–Trinajstić information content (AvgIpc) is 3.52. The number of aromatic nitrogens is 4. The molecule has 0 aromatic carbocycles. The van der Waals surface area contributed by atoms with Crippen molar-refractivity contribution in [3.63, 3.8) is 0 Å². The Balaban J connectivity index is 1.43. The van der Waals surface area contributed by atoms with Gasteiger partial charge in [0.25, 0.3) is 0 Å². The molecule has 1 atom stereocenters. The van der Waals surface area contributed by atoms with Gasteiger partial charge in [0.1, 0.15) is 17.0 Å². The smallest absolute Gasteiger partial charge is 0.238 e. The molecule has 0 aliphatic heterocycles. The lowest BCUT2D eigenvalue weighted by Crippen LogP contribution is -2.32. The van der Waals surface area contributed by atoms with Crippen molar-refractivity contribution in [3.05, 3.63) is 66.4 Å². The maximum Gasteiger partial charge on any atom is 0.238 e. The van der Waals surface area contributed by atoms with Crippen LogP contribution in [0, 0.1) is 17.0 Å². The molecule has 0 bridgehead atoms. The van der Waals surface area contributed by atoms with E-state index in [4.69, 9.17) is 0 Å². The Hall–Kier alpha value is -3.16. The molecule has 2 aliphatic carbocycles. The number of nitrogens with zero attached hydrogens (tertiary/aromatic N) is 4. The Morgan fingerprint density at radius 1 is 1.22 bits per heavy atom. The molecule has 3 aromatic heterocycles. The molecular weight excluding hydrogens is 352 g/mol. The second-order valence-corrected chi connectivity index (χ2v) is 7.16. The van der Waals surface area contributed by atoms with E-state index in [2.05, 4.69) is 20.4 Å². The van der Waals surface area contributed by atoms with Gasteiger partial charge in [-0.3, -0.25) is 14.8 Å². The molecule has 6 nitrogen and oxygen atoms in total. The molecule has 2 fully saturated rings. The summed E-state index contributed by atoms with van der Waals surface area (Å²) in [4.78, 5) is 21.0. The Morgan fingerprint density at radius 3 is 2.78 bits per heavy atom. The number of pyridine rings is 2. The highest BCUT2D eigenvalue weighted by molar-refractivity contribution is 6.02. The van der Waals surface area contributed by atoms with E-state index in [-0.39, 0.29) is 17.0 Å². The number of halogens is 2. The monoisotopic (exact) mass is 367 g/mol. The fourth-order valence-corrected chi connectivity index (χ4v) is 3.96. The van der Waals surface area contributed by atoms with Gasteiger partial charge >= 0.3 is 0 Å². The second kappa shape index (κ2) is 5.42. The molecule has 1 N–H and O–H groups in total. The van der Waals surface area contributed by atoms with Gasteiger partial charge in [-0.1, -0.05) is 0 Å². The van der Waals surface area contributed by atoms with Crippen LogP contribution in [0.1, 0.15) is 25.0 Å². The average molecular weight is 367 g/mol. The van der Waals surface area contributed by atoms with E-state index in [0.717, 1.165) is 19.0 Å². The minimum Gasteiger partial charge on any atom is -0.308 e. The van der Waals surface area contributed by atoms with Crippen molar-refractivity contribution in [1.82, 2.24) is 19.7 Å². The molecule has 1 spiro atoms. The van der Waals surface area contributed by atoms with E-state index in [1.54, 1.807) is 12.3 Å². The van der Waals surface area contributed by atoms with E-state index >= 15 is 0 Å². The maximum absolute atomic E-state index is 14.4. The van der Waals surface area contributed by atoms with Crippen LogP contribution in [0.15, 0.2) is 49.1 Å². The minimum absolute atomic E-state index is 0.179. The topological polar surface area (TPSA) is 72.7 Å². The largest absolute Gasteiger partial charge is 0.308 e. The number of amides is 1. The normalized spacial score (nSPS) is 21.9. The van der Waals surface area contributed by atoms with Crippen molar-refractivity contribution in [1.29, 1.82) is 0 Å². The number of hydrogen-bond acceptors (Lipinski definition) is 4. The molecule has 3 aromatic rings. The van der Waals surface area contributed by atoms with Crippen LogP contribution >= 0.6 is 0 Å². The molecule has 2 saturated carbocycles. The first-order valence-electron chi connectivity index (χ1n) is 8.63. The lowest BCUT2D eigenvalue weighted by Gasteiger charge is -2.16. The number of carbonyl (C=O) groups excluding carboxylic acids is 1. The summed E-state index contributed by atoms with van der Waals surface area (Å²) < 4.78 is 29.1. The fourth-order valence-electron chi connectivity index (χ4n) is 3.96. The molecule has 3 heterocycles. The Labute approximate surface area is 153 Å². The predicted molar refractivity (Wildman–Crippen MR) is 92.1 cm³/mol. The van der Waals surface area contributed by atoms with E-state index < -0.39 is 17.0 Å². The van der Waals surface area contributed by atoms with Crippen LogP contribution in [0.3, 0.4) is 0 Å². The number of carbonyl (C=O) groups is 1. The van der Waals surface area contributed by atoms with Crippen molar-refractivity contribution in [2.45, 2.75) is 24.7 Å². The SMILES string of the molecule is O=C(Nc1ccn(-c2cncc(F)c2)n1)[C@@]1(c2ncccc2F)CC12CC2. The van der Waals surface area contributed by atoms with Crippen LogP contribution in [0.25, 0.3) is 5.69 Å². The molecule has 2 aliphatic rings. The van der Waals surface area contributed by atoms with Crippen LogP contribution in [-0.4, -0.2) is 25.7 Å². The van der Waals surface area contributed by atoms with Gasteiger partial charge in [-0.05, 0) is 36.8 Å². The van der Waals surface area contributed by atoms with E-state index in [0.29, 0.717) is 17.9 Å². The van der Waals surface area contributed by atoms with Crippen LogP contribution in [-0.2, 0) is 10.2 Å². The molecule has 0 radical (unpaired) electrons. The van der Waals surface area contributed by atoms with Gasteiger partial charge in [0.15, 0.2) is 5.82 Å². The number of hydrogen-bond donors (Lipinski definition) is 1. The minimum atomic E-state index is -0.942. The van der Waals surface area contributed by atoms with Crippen molar-refractivity contribution in [3.8, 4) is 5.69 Å². The van der Waals surface area contributed by atoms with Gasteiger partial charge < -0.3 is 5.32 Å². The summed E-state index contributed by atoms with van der Waals surface area (Å²) in [5.74, 6) is -0.942. The zero-order chi connectivity index (χ0) is 18.6. The predicted octanol–water partition coefficient (Wildman–Crippen LogP) is 3.00. The van der Waals surface area contributed by atoms with Crippen molar-refractivity contribution < 1.29 is 13.6 Å². The zero-order valence-corrected chi connectivity index (χ0v) is 14.2. The van der Waals surface area contributed by atoms with Crippen LogP contribution in [0.5, 0.6) is 0 Å². The summed E-state index contributed by atoms with van der Waals surface area (Å²) in [6, 6.07) is 5.74. The van der Waals surface area contributed by atoms with Gasteiger partial charge in [-0.15, -0.1) is 0 Å². The second-order valence-electron chi connectivity index (χ2n) is 7.16. The van der Waals surface area contributed by atoms with E-state index in [1.165, 1.54) is 35.3 Å². The van der Waals surface area contributed by atoms with Gasteiger partial charge in [0, 0.05) is 24.5 Å². The third kappa shape index (κ3) is 2.36. The Kier molecular flexibility index (Phi) is 3.22. The lowest BCUT2D eigenvalue weighted by atomic mass is 9.95. The first-order chi connectivity index (χ1) is 13.0. The van der Waals surface area contributed by atoms with Gasteiger partial charge in [0.2, 0.25) is 5.91 Å². The molecule has 5 rings (SSSR count). The number of nitrogens with one attached hydrogen (secondary N) is 1. The summed E-state index contributed by atoms with van der Waals surface area (Å²) in [5, 5.41) is 7.03. The van der Waals surface area contributed by atoms with Crippen molar-refractivity contribution >= 4 is 11.7 Å². The first kappa shape index (κ1) is 16.0. The fraction of sp³-hybridized carbons (Fsp3) is 0.263. The molecule has 1 amide bonds. The maximum atomic E-state index is 14.4. The summed E-state index contributed by atoms with van der Waals surface area (Å²) in [7, 11) is 0. The highest BCUT2D eigenvalue weighted by Gasteiger charge is 2.79. The standard InChI is InChI=1S/C19H15F2N5O/c20-12-8-13(10-22-9-12)26-7-3-15(25-26)24-17(27)19(11-18(19)4-5-18)16-14(21)2-1-6-23-16/h1-3,6-10H,4-5,11H2,(H,24,25,27)/t19-/m0/s1. The summed E-state index contributed by atoms with van der Waals surface area (Å²) in [5.41, 5.74) is -0.482. The highest BCUT2D eigenvalue weighted by atomic mass is 19.1. The quantitative estimate of drug-likeness (QED) is 0.769. The first-order valence-corrected chi connectivity index (χ1v) is 8.63. The molecule has 27 heavy (non-hydrogen) atoms. The summed E-state index contributed by atoms with van der Waals surface area (Å²) in [6.45, 7) is 0. The van der Waals surface area contributed by atoms with Crippen molar-refractivity contribution in [2.24, 2.45) is 5.41 Å². The molecule has 0 unspecified atom stereocenters. The summed E-state index contributed by atoms with van der Waals surface area (Å²) in [6.07, 6.45) is 8.04.